The Bertz CT molecular complexity index is 796. The molecule has 0 aliphatic heterocycles. The van der Waals surface area contributed by atoms with E-state index in [-0.39, 0.29) is 18.1 Å². The van der Waals surface area contributed by atoms with Crippen LogP contribution < -0.4 is 15.6 Å². The standard InChI is InChI=1S/C20H23FN2O3S/c1-13-5-4-6-18(14(13)2)26-15(3)20(25)23-22-19(24)11-12-27-17-9-7-16(21)8-10-17/h4-10,15H,11-12H2,1-3H3,(H,22,24)(H,23,25)/t15-/m1/s1. The number of hydrazine groups is 1. The highest BCUT2D eigenvalue weighted by atomic mass is 32.2. The summed E-state index contributed by atoms with van der Waals surface area (Å²) in [4.78, 5) is 24.8. The van der Waals surface area contributed by atoms with Crippen molar-refractivity contribution in [2.45, 2.75) is 38.2 Å². The first-order chi connectivity index (χ1) is 12.9. The minimum absolute atomic E-state index is 0.217. The fraction of sp³-hybridized carbons (Fsp3) is 0.300. The lowest BCUT2D eigenvalue weighted by Gasteiger charge is -2.17. The molecular weight excluding hydrogens is 367 g/mol. The van der Waals surface area contributed by atoms with E-state index in [1.54, 1.807) is 25.1 Å². The van der Waals surface area contributed by atoms with Crippen LogP contribution in [0.5, 0.6) is 5.75 Å². The van der Waals surface area contributed by atoms with Gasteiger partial charge in [-0.3, -0.25) is 20.4 Å². The summed E-state index contributed by atoms with van der Waals surface area (Å²) in [6.45, 7) is 5.51. The molecule has 144 valence electrons. The summed E-state index contributed by atoms with van der Waals surface area (Å²) >= 11 is 1.44. The molecule has 0 spiro atoms. The zero-order valence-corrected chi connectivity index (χ0v) is 16.4. The van der Waals surface area contributed by atoms with Crippen molar-refractivity contribution in [1.82, 2.24) is 10.9 Å². The summed E-state index contributed by atoms with van der Waals surface area (Å²) in [5, 5.41) is 0. The summed E-state index contributed by atoms with van der Waals surface area (Å²) < 4.78 is 18.5. The molecule has 2 aromatic rings. The van der Waals surface area contributed by atoms with Gasteiger partial charge in [-0.2, -0.15) is 0 Å². The number of amides is 2. The third-order valence-electron chi connectivity index (χ3n) is 3.96. The number of carbonyl (C=O) groups excluding carboxylic acids is 2. The second kappa shape index (κ2) is 9.97. The Hall–Kier alpha value is -2.54. The van der Waals surface area contributed by atoms with Crippen molar-refractivity contribution in [1.29, 1.82) is 0 Å². The molecule has 0 fully saturated rings. The number of carbonyl (C=O) groups is 2. The van der Waals surface area contributed by atoms with Gasteiger partial charge in [0.15, 0.2) is 6.10 Å². The fourth-order valence-electron chi connectivity index (χ4n) is 2.18. The second-order valence-corrected chi connectivity index (χ2v) is 7.22. The Morgan fingerprint density at radius 3 is 2.52 bits per heavy atom. The summed E-state index contributed by atoms with van der Waals surface area (Å²) in [5.41, 5.74) is 6.80. The van der Waals surface area contributed by atoms with E-state index in [9.17, 15) is 14.0 Å². The lowest BCUT2D eigenvalue weighted by molar-refractivity contribution is -0.132. The van der Waals surface area contributed by atoms with Crippen LogP contribution in [-0.2, 0) is 9.59 Å². The average Bonchev–Trinajstić information content (AvgIpc) is 2.65. The molecular formula is C20H23FN2O3S. The Kier molecular flexibility index (Phi) is 7.67. The average molecular weight is 390 g/mol. The molecule has 0 unspecified atom stereocenters. The highest BCUT2D eigenvalue weighted by Gasteiger charge is 2.16. The van der Waals surface area contributed by atoms with Gasteiger partial charge < -0.3 is 4.74 Å². The predicted molar refractivity (Wildman–Crippen MR) is 104 cm³/mol. The normalized spacial score (nSPS) is 11.6. The van der Waals surface area contributed by atoms with Crippen molar-refractivity contribution in [3.8, 4) is 5.75 Å². The van der Waals surface area contributed by atoms with Gasteiger partial charge in [0.05, 0.1) is 0 Å². The van der Waals surface area contributed by atoms with E-state index in [0.29, 0.717) is 11.5 Å². The monoisotopic (exact) mass is 390 g/mol. The van der Waals surface area contributed by atoms with Crippen LogP contribution in [-0.4, -0.2) is 23.7 Å². The number of benzene rings is 2. The van der Waals surface area contributed by atoms with Gasteiger partial charge in [0.25, 0.3) is 5.91 Å². The van der Waals surface area contributed by atoms with Crippen LogP contribution >= 0.6 is 11.8 Å². The number of hydrogen-bond donors (Lipinski definition) is 2. The lowest BCUT2D eigenvalue weighted by atomic mass is 10.1. The molecule has 0 aromatic heterocycles. The van der Waals surface area contributed by atoms with Gasteiger partial charge >= 0.3 is 0 Å². The largest absolute Gasteiger partial charge is 0.481 e. The smallest absolute Gasteiger partial charge is 0.279 e. The van der Waals surface area contributed by atoms with Crippen molar-refractivity contribution in [2.24, 2.45) is 0 Å². The molecule has 2 rings (SSSR count). The first kappa shape index (κ1) is 20.8. The first-order valence-corrected chi connectivity index (χ1v) is 9.55. The zero-order chi connectivity index (χ0) is 19.8. The first-order valence-electron chi connectivity index (χ1n) is 8.56. The van der Waals surface area contributed by atoms with Crippen molar-refractivity contribution >= 4 is 23.6 Å². The molecule has 0 bridgehead atoms. The van der Waals surface area contributed by atoms with Gasteiger partial charge in [0.2, 0.25) is 5.91 Å². The second-order valence-electron chi connectivity index (χ2n) is 6.05. The summed E-state index contributed by atoms with van der Waals surface area (Å²) in [7, 11) is 0. The van der Waals surface area contributed by atoms with Crippen molar-refractivity contribution in [2.75, 3.05) is 5.75 Å². The number of thioether (sulfide) groups is 1. The van der Waals surface area contributed by atoms with Gasteiger partial charge in [0, 0.05) is 17.1 Å². The highest BCUT2D eigenvalue weighted by Crippen LogP contribution is 2.21. The topological polar surface area (TPSA) is 67.4 Å². The number of halogens is 1. The van der Waals surface area contributed by atoms with E-state index >= 15 is 0 Å². The van der Waals surface area contributed by atoms with Crippen LogP contribution in [0.15, 0.2) is 47.4 Å². The molecule has 0 aliphatic carbocycles. The van der Waals surface area contributed by atoms with E-state index < -0.39 is 12.0 Å². The van der Waals surface area contributed by atoms with Crippen molar-refractivity contribution < 1.29 is 18.7 Å². The summed E-state index contributed by atoms with van der Waals surface area (Å²) in [6.07, 6.45) is -0.534. The molecule has 7 heteroatoms. The maximum absolute atomic E-state index is 12.8. The molecule has 0 saturated carbocycles. The molecule has 2 amide bonds. The molecule has 0 saturated heterocycles. The van der Waals surface area contributed by atoms with Gasteiger partial charge in [0.1, 0.15) is 11.6 Å². The molecule has 2 aromatic carbocycles. The Balaban J connectivity index is 1.71. The van der Waals surface area contributed by atoms with Crippen molar-refractivity contribution in [3.63, 3.8) is 0 Å². The van der Waals surface area contributed by atoms with Crippen LogP contribution in [0, 0.1) is 19.7 Å². The molecule has 2 N–H and O–H groups in total. The predicted octanol–water partition coefficient (Wildman–Crippen LogP) is 3.54. The summed E-state index contributed by atoms with van der Waals surface area (Å²) in [5.74, 6) is 0.117. The SMILES string of the molecule is Cc1cccc(O[C@H](C)C(=O)NNC(=O)CCSc2ccc(F)cc2)c1C. The van der Waals surface area contributed by atoms with Crippen LogP contribution in [0.4, 0.5) is 4.39 Å². The van der Waals surface area contributed by atoms with Gasteiger partial charge in [-0.15, -0.1) is 11.8 Å². The van der Waals surface area contributed by atoms with Crippen LogP contribution in [0.2, 0.25) is 0 Å². The van der Waals surface area contributed by atoms with E-state index in [4.69, 9.17) is 4.74 Å². The molecule has 1 atom stereocenters. The molecule has 5 nitrogen and oxygen atoms in total. The Labute approximate surface area is 162 Å². The number of aryl methyl sites for hydroxylation is 1. The molecule has 0 heterocycles. The van der Waals surface area contributed by atoms with E-state index in [1.165, 1.54) is 23.9 Å². The minimum Gasteiger partial charge on any atom is -0.481 e. The van der Waals surface area contributed by atoms with E-state index in [1.807, 2.05) is 26.0 Å². The van der Waals surface area contributed by atoms with Crippen LogP contribution in [0.3, 0.4) is 0 Å². The number of hydrogen-bond acceptors (Lipinski definition) is 4. The third kappa shape index (κ3) is 6.60. The number of nitrogens with one attached hydrogen (secondary N) is 2. The number of ether oxygens (including phenoxy) is 1. The quantitative estimate of drug-likeness (QED) is 0.561. The fourth-order valence-corrected chi connectivity index (χ4v) is 3.04. The maximum atomic E-state index is 12.8. The van der Waals surface area contributed by atoms with Gasteiger partial charge in [-0.05, 0) is 62.2 Å². The Morgan fingerprint density at radius 1 is 1.11 bits per heavy atom. The van der Waals surface area contributed by atoms with Crippen molar-refractivity contribution in [3.05, 3.63) is 59.4 Å². The number of rotatable bonds is 7. The Morgan fingerprint density at radius 2 is 1.81 bits per heavy atom. The van der Waals surface area contributed by atoms with Crippen LogP contribution in [0.25, 0.3) is 0 Å². The van der Waals surface area contributed by atoms with E-state index in [2.05, 4.69) is 10.9 Å². The molecule has 27 heavy (non-hydrogen) atoms. The maximum Gasteiger partial charge on any atom is 0.279 e. The van der Waals surface area contributed by atoms with Crippen LogP contribution in [0.1, 0.15) is 24.5 Å². The van der Waals surface area contributed by atoms with E-state index in [0.717, 1.165) is 16.0 Å². The highest BCUT2D eigenvalue weighted by molar-refractivity contribution is 7.99. The summed E-state index contributed by atoms with van der Waals surface area (Å²) in [6, 6.07) is 11.7. The molecule has 0 aliphatic rings. The zero-order valence-electron chi connectivity index (χ0n) is 15.5. The molecule has 0 radical (unpaired) electrons. The third-order valence-corrected chi connectivity index (χ3v) is 4.98. The van der Waals surface area contributed by atoms with Gasteiger partial charge in [-0.25, -0.2) is 4.39 Å². The van der Waals surface area contributed by atoms with Gasteiger partial charge in [-0.1, -0.05) is 12.1 Å². The lowest BCUT2D eigenvalue weighted by Crippen LogP contribution is -2.47. The minimum atomic E-state index is -0.751.